The van der Waals surface area contributed by atoms with Crippen molar-refractivity contribution in [2.45, 2.75) is 6.04 Å². The molecule has 7 heavy (non-hydrogen) atoms. The van der Waals surface area contributed by atoms with Crippen LogP contribution in [0.2, 0.25) is 0 Å². The van der Waals surface area contributed by atoms with Gasteiger partial charge < -0.3 is 21.4 Å². The second kappa shape index (κ2) is 2.54. The largest absolute Gasteiger partial charge is 0.548 e. The van der Waals surface area contributed by atoms with E-state index < -0.39 is 12.0 Å². The zero-order chi connectivity index (χ0) is 5.86. The fourth-order valence-corrected chi connectivity index (χ4v) is 0.0962. The first kappa shape index (κ1) is 6.39. The van der Waals surface area contributed by atoms with E-state index in [4.69, 9.17) is 11.5 Å². The molecule has 0 rings (SSSR count). The SMILES string of the molecule is NC[C@H](N)C(=O)[O-]. The predicted octanol–water partition coefficient (Wildman–Crippen LogP) is -2.98. The molecule has 0 aromatic heterocycles. The Morgan fingerprint density at radius 2 is 2.29 bits per heavy atom. The van der Waals surface area contributed by atoms with Gasteiger partial charge in [-0.05, 0) is 0 Å². The second-order valence-electron chi connectivity index (χ2n) is 1.16. The van der Waals surface area contributed by atoms with Gasteiger partial charge in [-0.2, -0.15) is 0 Å². The predicted molar refractivity (Wildman–Crippen MR) is 22.0 cm³/mol. The summed E-state index contributed by atoms with van der Waals surface area (Å²) < 4.78 is 0. The molecular formula is C3H7N2O2-. The summed E-state index contributed by atoms with van der Waals surface area (Å²) in [5.74, 6) is -1.30. The van der Waals surface area contributed by atoms with Crippen LogP contribution in [0.25, 0.3) is 0 Å². The maximum absolute atomic E-state index is 9.61. The molecule has 0 aliphatic heterocycles. The van der Waals surface area contributed by atoms with E-state index in [0.717, 1.165) is 0 Å². The Morgan fingerprint density at radius 1 is 1.86 bits per heavy atom. The molecule has 0 aromatic rings. The van der Waals surface area contributed by atoms with Crippen LogP contribution in [-0.4, -0.2) is 18.6 Å². The normalized spacial score (nSPS) is 13.4. The van der Waals surface area contributed by atoms with E-state index in [0.29, 0.717) is 0 Å². The smallest absolute Gasteiger partial charge is 0.0595 e. The van der Waals surface area contributed by atoms with Crippen LogP contribution in [0.1, 0.15) is 0 Å². The molecule has 0 aromatic carbocycles. The maximum atomic E-state index is 9.61. The molecule has 4 heteroatoms. The third-order valence-electron chi connectivity index (χ3n) is 0.557. The van der Waals surface area contributed by atoms with Gasteiger partial charge in [0.2, 0.25) is 0 Å². The Balaban J connectivity index is 3.34. The highest BCUT2D eigenvalue weighted by Crippen LogP contribution is 1.63. The Bertz CT molecular complexity index is 73.3. The van der Waals surface area contributed by atoms with Crippen LogP contribution in [-0.2, 0) is 4.79 Å². The molecule has 0 aliphatic rings. The number of carbonyl (C=O) groups excluding carboxylic acids is 1. The summed E-state index contributed by atoms with van der Waals surface area (Å²) in [5.41, 5.74) is 9.66. The van der Waals surface area contributed by atoms with Gasteiger partial charge in [-0.1, -0.05) is 0 Å². The quantitative estimate of drug-likeness (QED) is 0.390. The molecule has 0 fully saturated rings. The van der Waals surface area contributed by atoms with Gasteiger partial charge in [0.25, 0.3) is 0 Å². The average Bonchev–Trinajstić information content (AvgIpc) is 1.65. The van der Waals surface area contributed by atoms with Gasteiger partial charge in [0, 0.05) is 6.54 Å². The molecule has 0 heterocycles. The van der Waals surface area contributed by atoms with Gasteiger partial charge in [0.15, 0.2) is 0 Å². The van der Waals surface area contributed by atoms with Crippen LogP contribution in [0, 0.1) is 0 Å². The van der Waals surface area contributed by atoms with E-state index in [1.807, 2.05) is 0 Å². The standard InChI is InChI=1S/C3H8N2O2/c4-1-2(5)3(6)7/h2H,1,4-5H2,(H,6,7)/p-1/t2-/m0/s1. The van der Waals surface area contributed by atoms with Crippen molar-refractivity contribution in [3.63, 3.8) is 0 Å². The Kier molecular flexibility index (Phi) is 2.32. The first-order valence-corrected chi connectivity index (χ1v) is 1.85. The molecule has 0 unspecified atom stereocenters. The number of carboxylic acids is 1. The Labute approximate surface area is 41.1 Å². The average molecular weight is 103 g/mol. The lowest BCUT2D eigenvalue weighted by Gasteiger charge is -2.06. The van der Waals surface area contributed by atoms with Crippen molar-refractivity contribution in [3.05, 3.63) is 0 Å². The van der Waals surface area contributed by atoms with Gasteiger partial charge in [-0.25, -0.2) is 0 Å². The summed E-state index contributed by atoms with van der Waals surface area (Å²) in [4.78, 5) is 9.61. The molecule has 0 saturated heterocycles. The third kappa shape index (κ3) is 2.13. The minimum atomic E-state index is -1.30. The van der Waals surface area contributed by atoms with E-state index >= 15 is 0 Å². The van der Waals surface area contributed by atoms with Gasteiger partial charge in [0.05, 0.1) is 12.0 Å². The van der Waals surface area contributed by atoms with E-state index in [1.54, 1.807) is 0 Å². The molecule has 0 radical (unpaired) electrons. The zero-order valence-corrected chi connectivity index (χ0v) is 3.76. The highest BCUT2D eigenvalue weighted by Gasteiger charge is 1.95. The number of aliphatic carboxylic acids is 1. The molecule has 0 saturated carbocycles. The van der Waals surface area contributed by atoms with Crippen molar-refractivity contribution >= 4 is 5.97 Å². The van der Waals surface area contributed by atoms with Gasteiger partial charge >= 0.3 is 0 Å². The lowest BCUT2D eigenvalue weighted by molar-refractivity contribution is -0.307. The molecule has 0 amide bonds. The molecule has 0 spiro atoms. The first-order chi connectivity index (χ1) is 3.18. The van der Waals surface area contributed by atoms with E-state index in [2.05, 4.69) is 0 Å². The number of nitrogens with two attached hydrogens (primary N) is 2. The van der Waals surface area contributed by atoms with Crippen molar-refractivity contribution < 1.29 is 9.90 Å². The lowest BCUT2D eigenvalue weighted by Crippen LogP contribution is -2.46. The summed E-state index contributed by atoms with van der Waals surface area (Å²) in [7, 11) is 0. The number of hydrogen-bond acceptors (Lipinski definition) is 4. The fraction of sp³-hybridized carbons (Fsp3) is 0.667. The lowest BCUT2D eigenvalue weighted by atomic mass is 10.3. The van der Waals surface area contributed by atoms with Crippen molar-refractivity contribution in [1.82, 2.24) is 0 Å². The van der Waals surface area contributed by atoms with Crippen LogP contribution in [0.15, 0.2) is 0 Å². The number of carbonyl (C=O) groups is 1. The van der Waals surface area contributed by atoms with E-state index in [1.165, 1.54) is 0 Å². The molecule has 42 valence electrons. The Hall–Kier alpha value is -0.610. The van der Waals surface area contributed by atoms with Crippen LogP contribution in [0.4, 0.5) is 0 Å². The topological polar surface area (TPSA) is 92.2 Å². The van der Waals surface area contributed by atoms with Crippen LogP contribution in [0.5, 0.6) is 0 Å². The molecule has 0 aliphatic carbocycles. The van der Waals surface area contributed by atoms with E-state index in [-0.39, 0.29) is 6.54 Å². The Morgan fingerprint density at radius 3 is 2.29 bits per heavy atom. The number of carboxylic acid groups (broad SMARTS) is 1. The molecule has 0 bridgehead atoms. The van der Waals surface area contributed by atoms with Crippen molar-refractivity contribution in [1.29, 1.82) is 0 Å². The minimum absolute atomic E-state index is 0.0671. The minimum Gasteiger partial charge on any atom is -0.548 e. The molecular weight excluding hydrogens is 96.0 g/mol. The zero-order valence-electron chi connectivity index (χ0n) is 3.76. The fourth-order valence-electron chi connectivity index (χ4n) is 0.0962. The van der Waals surface area contributed by atoms with Crippen LogP contribution in [0.3, 0.4) is 0 Å². The summed E-state index contributed by atoms with van der Waals surface area (Å²) in [6, 6.07) is -1.01. The third-order valence-corrected chi connectivity index (χ3v) is 0.557. The summed E-state index contributed by atoms with van der Waals surface area (Å²) in [6.07, 6.45) is 0. The highest BCUT2D eigenvalue weighted by molar-refractivity contribution is 5.70. The molecule has 4 N–H and O–H groups in total. The molecule has 1 atom stereocenters. The molecule has 4 nitrogen and oxygen atoms in total. The van der Waals surface area contributed by atoms with Crippen molar-refractivity contribution in [2.24, 2.45) is 11.5 Å². The second-order valence-corrected chi connectivity index (χ2v) is 1.16. The summed E-state index contributed by atoms with van der Waals surface area (Å²) in [5, 5.41) is 9.61. The van der Waals surface area contributed by atoms with E-state index in [9.17, 15) is 9.90 Å². The number of rotatable bonds is 2. The van der Waals surface area contributed by atoms with Crippen LogP contribution >= 0.6 is 0 Å². The van der Waals surface area contributed by atoms with Crippen LogP contribution < -0.4 is 16.6 Å². The van der Waals surface area contributed by atoms with Crippen molar-refractivity contribution in [2.75, 3.05) is 6.54 Å². The van der Waals surface area contributed by atoms with Crippen molar-refractivity contribution in [3.8, 4) is 0 Å². The van der Waals surface area contributed by atoms with Gasteiger partial charge in [0.1, 0.15) is 0 Å². The monoisotopic (exact) mass is 103 g/mol. The number of hydrogen-bond donors (Lipinski definition) is 2. The first-order valence-electron chi connectivity index (χ1n) is 1.85. The summed E-state index contributed by atoms with van der Waals surface area (Å²) in [6.45, 7) is -0.0671. The highest BCUT2D eigenvalue weighted by atomic mass is 16.4. The maximum Gasteiger partial charge on any atom is 0.0595 e. The van der Waals surface area contributed by atoms with Gasteiger partial charge in [-0.3, -0.25) is 0 Å². The van der Waals surface area contributed by atoms with Gasteiger partial charge in [-0.15, -0.1) is 0 Å². The summed E-state index contributed by atoms with van der Waals surface area (Å²) >= 11 is 0.